The standard InChI is InChI=1S/C33H39ClN4O5/c1-22(2)43-32(41)25-11-13-27(14-12-25)36-33(42)37(30(31(35)40)19-23-9-15-29(39)16-10-23)28-8-5-17-38(3,21-28)20-24-6-4-7-26(34)18-24/h4,6-7,9-16,18,22,28,30H,5,8,17,19-21H2,1-3H3,(H3-,35,36,39,40,41,42)/p+1/t28-,30+,38?/m1/s1. The number of benzene rings is 3. The van der Waals surface area contributed by atoms with Crippen LogP contribution >= 0.6 is 11.6 Å². The number of hydrogen-bond acceptors (Lipinski definition) is 5. The lowest BCUT2D eigenvalue weighted by atomic mass is 9.96. The summed E-state index contributed by atoms with van der Waals surface area (Å²) in [6.45, 7) is 5.79. The van der Waals surface area contributed by atoms with Crippen LogP contribution in [0.2, 0.25) is 5.02 Å². The van der Waals surface area contributed by atoms with Crippen molar-refractivity contribution in [2.75, 3.05) is 25.5 Å². The maximum atomic E-state index is 14.0. The van der Waals surface area contributed by atoms with Crippen LogP contribution in [0.3, 0.4) is 0 Å². The Hall–Kier alpha value is -4.08. The summed E-state index contributed by atoms with van der Waals surface area (Å²) in [6.07, 6.45) is 1.49. The second-order valence-electron chi connectivity index (χ2n) is 11.8. The molecule has 1 fully saturated rings. The lowest BCUT2D eigenvalue weighted by molar-refractivity contribution is -0.928. The van der Waals surface area contributed by atoms with Gasteiger partial charge in [0.25, 0.3) is 0 Å². The van der Waals surface area contributed by atoms with E-state index in [1.54, 1.807) is 67.3 Å². The summed E-state index contributed by atoms with van der Waals surface area (Å²) in [5, 5.41) is 13.3. The fourth-order valence-electron chi connectivity index (χ4n) is 5.76. The first-order chi connectivity index (χ1) is 20.4. The van der Waals surface area contributed by atoms with Crippen molar-refractivity contribution in [3.05, 3.63) is 94.5 Å². The second-order valence-corrected chi connectivity index (χ2v) is 12.2. The molecule has 1 saturated heterocycles. The van der Waals surface area contributed by atoms with Crippen LogP contribution in [0.15, 0.2) is 72.8 Å². The highest BCUT2D eigenvalue weighted by atomic mass is 35.5. The van der Waals surface area contributed by atoms with Crippen LogP contribution in [0.4, 0.5) is 10.5 Å². The number of halogens is 1. The molecule has 0 aromatic heterocycles. The molecule has 43 heavy (non-hydrogen) atoms. The third-order valence-electron chi connectivity index (χ3n) is 7.71. The molecule has 1 aliphatic heterocycles. The quantitative estimate of drug-likeness (QED) is 0.212. The molecule has 3 amide bonds. The van der Waals surface area contributed by atoms with Gasteiger partial charge >= 0.3 is 12.0 Å². The van der Waals surface area contributed by atoms with Crippen LogP contribution in [0.1, 0.15) is 48.2 Å². The predicted octanol–water partition coefficient (Wildman–Crippen LogP) is 5.35. The van der Waals surface area contributed by atoms with Crippen molar-refractivity contribution >= 4 is 35.2 Å². The molecule has 3 aromatic rings. The number of phenols is 1. The highest BCUT2D eigenvalue weighted by Gasteiger charge is 2.41. The van der Waals surface area contributed by atoms with Gasteiger partial charge in [0.2, 0.25) is 5.91 Å². The van der Waals surface area contributed by atoms with Gasteiger partial charge in [0.05, 0.1) is 37.8 Å². The van der Waals surface area contributed by atoms with E-state index < -0.39 is 23.9 Å². The number of amides is 3. The zero-order valence-electron chi connectivity index (χ0n) is 24.8. The van der Waals surface area contributed by atoms with E-state index >= 15 is 0 Å². The van der Waals surface area contributed by atoms with Gasteiger partial charge in [-0.15, -0.1) is 0 Å². The SMILES string of the molecule is CC(C)OC(=O)c1ccc(NC(=O)N([C@@H]2CCC[N+](C)(Cc3cccc(Cl)c3)C2)[C@@H](Cc2ccc(O)cc2)C(N)=O)cc1. The van der Waals surface area contributed by atoms with Crippen LogP contribution in [0, 0.1) is 0 Å². The highest BCUT2D eigenvalue weighted by molar-refractivity contribution is 6.30. The molecule has 1 aliphatic rings. The van der Waals surface area contributed by atoms with Crippen LogP contribution < -0.4 is 11.1 Å². The van der Waals surface area contributed by atoms with E-state index in [4.69, 9.17) is 22.1 Å². The number of piperidine rings is 1. The number of primary amides is 1. The van der Waals surface area contributed by atoms with Crippen LogP contribution in [-0.2, 0) is 22.5 Å². The van der Waals surface area contributed by atoms with Crippen molar-refractivity contribution in [3.8, 4) is 5.75 Å². The summed E-state index contributed by atoms with van der Waals surface area (Å²) in [7, 11) is 2.15. The first kappa shape index (κ1) is 31.8. The van der Waals surface area contributed by atoms with Gasteiger partial charge in [-0.25, -0.2) is 9.59 Å². The van der Waals surface area contributed by atoms with Crippen LogP contribution in [0.5, 0.6) is 5.75 Å². The minimum atomic E-state index is -0.937. The monoisotopic (exact) mass is 607 g/mol. The van der Waals surface area contributed by atoms with Gasteiger partial charge in [0, 0.05) is 22.7 Å². The average molecular weight is 608 g/mol. The number of esters is 1. The molecule has 4 rings (SSSR count). The number of ether oxygens (including phenoxy) is 1. The molecule has 3 atom stereocenters. The van der Waals surface area contributed by atoms with E-state index in [0.717, 1.165) is 30.6 Å². The Morgan fingerprint density at radius 2 is 1.77 bits per heavy atom. The van der Waals surface area contributed by atoms with Crippen molar-refractivity contribution in [1.82, 2.24) is 4.90 Å². The Kier molecular flexibility index (Phi) is 10.3. The molecule has 1 unspecified atom stereocenters. The molecule has 0 radical (unpaired) electrons. The Labute approximate surface area is 257 Å². The summed E-state index contributed by atoms with van der Waals surface area (Å²) in [6, 6.07) is 19.1. The maximum Gasteiger partial charge on any atom is 0.338 e. The Morgan fingerprint density at radius 1 is 1.07 bits per heavy atom. The molecule has 10 heteroatoms. The number of nitrogens with zero attached hydrogens (tertiary/aromatic N) is 2. The summed E-state index contributed by atoms with van der Waals surface area (Å²) in [4.78, 5) is 40.9. The summed E-state index contributed by atoms with van der Waals surface area (Å²) >= 11 is 6.26. The number of nitrogens with two attached hydrogens (primary N) is 1. The van der Waals surface area contributed by atoms with E-state index in [0.29, 0.717) is 33.7 Å². The highest BCUT2D eigenvalue weighted by Crippen LogP contribution is 2.28. The number of anilines is 1. The van der Waals surface area contributed by atoms with Gasteiger partial charge in [0.1, 0.15) is 18.3 Å². The minimum absolute atomic E-state index is 0.107. The molecule has 9 nitrogen and oxygen atoms in total. The molecule has 3 aromatic carbocycles. The van der Waals surface area contributed by atoms with Gasteiger partial charge in [-0.05, 0) is 80.8 Å². The number of carbonyl (C=O) groups is 3. The Balaban J connectivity index is 1.62. The zero-order chi connectivity index (χ0) is 31.1. The van der Waals surface area contributed by atoms with E-state index in [1.807, 2.05) is 24.3 Å². The van der Waals surface area contributed by atoms with E-state index in [9.17, 15) is 19.5 Å². The number of aromatic hydroxyl groups is 1. The fourth-order valence-corrected chi connectivity index (χ4v) is 5.97. The van der Waals surface area contributed by atoms with E-state index in [2.05, 4.69) is 12.4 Å². The molecular formula is C33H40ClN4O5+. The molecule has 0 spiro atoms. The summed E-state index contributed by atoms with van der Waals surface area (Å²) in [5.74, 6) is -0.961. The number of nitrogens with one attached hydrogen (secondary N) is 1. The number of likely N-dealkylation sites (N-methyl/N-ethyl adjacent to an activating group) is 1. The molecular weight excluding hydrogens is 568 g/mol. The predicted molar refractivity (Wildman–Crippen MR) is 167 cm³/mol. The number of carbonyl (C=O) groups excluding carboxylic acids is 3. The van der Waals surface area contributed by atoms with Crippen LogP contribution in [-0.4, -0.2) is 70.7 Å². The van der Waals surface area contributed by atoms with Gasteiger partial charge in [-0.3, -0.25) is 4.79 Å². The molecule has 0 aliphatic carbocycles. The van der Waals surface area contributed by atoms with E-state index in [1.165, 1.54) is 0 Å². The molecule has 4 N–H and O–H groups in total. The van der Waals surface area contributed by atoms with Gasteiger partial charge < -0.3 is 30.3 Å². The lowest BCUT2D eigenvalue weighted by Gasteiger charge is -2.46. The van der Waals surface area contributed by atoms with Crippen molar-refractivity contribution in [2.45, 2.75) is 57.8 Å². The molecule has 0 bridgehead atoms. The van der Waals surface area contributed by atoms with Gasteiger partial charge in [0.15, 0.2) is 0 Å². The summed E-state index contributed by atoms with van der Waals surface area (Å²) in [5.41, 5.74) is 8.67. The fraction of sp³-hybridized carbons (Fsp3) is 0.364. The van der Waals surface area contributed by atoms with Gasteiger partial charge in [-0.1, -0.05) is 35.9 Å². The number of hydrogen-bond donors (Lipinski definition) is 3. The first-order valence-corrected chi connectivity index (χ1v) is 14.9. The van der Waals surface area contributed by atoms with Crippen molar-refractivity contribution in [2.24, 2.45) is 5.73 Å². The molecule has 0 saturated carbocycles. The van der Waals surface area contributed by atoms with Crippen molar-refractivity contribution in [3.63, 3.8) is 0 Å². The van der Waals surface area contributed by atoms with Crippen molar-refractivity contribution < 1.29 is 28.7 Å². The van der Waals surface area contributed by atoms with E-state index in [-0.39, 0.29) is 24.3 Å². The van der Waals surface area contributed by atoms with Crippen molar-refractivity contribution in [1.29, 1.82) is 0 Å². The third-order valence-corrected chi connectivity index (χ3v) is 7.95. The van der Waals surface area contributed by atoms with Crippen LogP contribution in [0.25, 0.3) is 0 Å². The molecule has 1 heterocycles. The third kappa shape index (κ3) is 8.72. The Bertz CT molecular complexity index is 1430. The molecule has 228 valence electrons. The first-order valence-electron chi connectivity index (χ1n) is 14.5. The topological polar surface area (TPSA) is 122 Å². The average Bonchev–Trinajstić information content (AvgIpc) is 2.93. The number of quaternary nitrogens is 1. The normalized spacial score (nSPS) is 19.0. The Morgan fingerprint density at radius 3 is 2.40 bits per heavy atom. The summed E-state index contributed by atoms with van der Waals surface area (Å²) < 4.78 is 5.91. The minimum Gasteiger partial charge on any atom is -0.508 e. The zero-order valence-corrected chi connectivity index (χ0v) is 25.6. The largest absolute Gasteiger partial charge is 0.508 e. The smallest absolute Gasteiger partial charge is 0.338 e. The number of urea groups is 1. The lowest BCUT2D eigenvalue weighted by Crippen LogP contribution is -2.62. The number of likely N-dealkylation sites (tertiary alicyclic amines) is 1. The second kappa shape index (κ2) is 13.9. The maximum absolute atomic E-state index is 14.0. The van der Waals surface area contributed by atoms with Gasteiger partial charge in [-0.2, -0.15) is 0 Å². The number of phenolic OH excluding ortho intramolecular Hbond substituents is 1. The number of rotatable bonds is 10.